The fourth-order valence-electron chi connectivity index (χ4n) is 7.48. The van der Waals surface area contributed by atoms with Crippen molar-refractivity contribution in [1.82, 2.24) is 15.0 Å². The number of Topliss-reactive ketones (excluding diaryl/α,β-unsaturated/α-hetero) is 1. The number of H-pyrrole nitrogens is 3. The van der Waals surface area contributed by atoms with E-state index in [2.05, 4.69) is 41.5 Å². The van der Waals surface area contributed by atoms with E-state index in [4.69, 9.17) is 9.73 Å². The van der Waals surface area contributed by atoms with Crippen molar-refractivity contribution in [3.8, 4) is 0 Å². The van der Waals surface area contributed by atoms with Crippen LogP contribution in [-0.2, 0) is 20.7 Å². The molecule has 0 spiro atoms. The summed E-state index contributed by atoms with van der Waals surface area (Å²) in [7, 11) is 1.29. The zero-order valence-corrected chi connectivity index (χ0v) is 26.0. The number of carboxylic acid groups (broad SMARTS) is 1. The van der Waals surface area contributed by atoms with E-state index >= 15 is 0 Å². The zero-order valence-electron chi connectivity index (χ0n) is 26.0. The summed E-state index contributed by atoms with van der Waals surface area (Å²) >= 11 is 0. The average Bonchev–Trinajstić information content (AvgIpc) is 3.76. The molecule has 2 aliphatic heterocycles. The van der Waals surface area contributed by atoms with Gasteiger partial charge in [0.2, 0.25) is 0 Å². The number of fused-ring (bicyclic) bond motifs is 7. The van der Waals surface area contributed by atoms with Gasteiger partial charge in [-0.25, -0.2) is 0 Å². The number of rotatable bonds is 6. The predicted molar refractivity (Wildman–Crippen MR) is 170 cm³/mol. The number of nitrogens with one attached hydrogen (secondary N) is 3. The highest BCUT2D eigenvalue weighted by atomic mass is 16.5. The summed E-state index contributed by atoms with van der Waals surface area (Å²) in [5.74, 6) is -3.07. The van der Waals surface area contributed by atoms with Gasteiger partial charge in [0, 0.05) is 62.2 Å². The lowest BCUT2D eigenvalue weighted by Crippen LogP contribution is -2.29. The Hall–Kier alpha value is -4.66. The molecule has 8 bridgehead atoms. The SMILES string of the molecule is C=Cc1c(C)/c2[nH]/c1=C\c1[nH]c(c(CC)c1C)/C=c1\[nH]c3c(c1C)C(=O)[C@H](C(=O)OC)C=3C1C[C@@H](CCC(=O)O)C(=N1)\C=2C. The van der Waals surface area contributed by atoms with Gasteiger partial charge >= 0.3 is 11.9 Å². The van der Waals surface area contributed by atoms with Gasteiger partial charge in [0.1, 0.15) is 5.92 Å². The van der Waals surface area contributed by atoms with E-state index in [-0.39, 0.29) is 18.1 Å². The minimum atomic E-state index is -1.10. The molecule has 3 aromatic rings. The number of ketones is 1. The lowest BCUT2D eigenvalue weighted by Gasteiger charge is -2.17. The number of aromatic nitrogens is 3. The van der Waals surface area contributed by atoms with Crippen molar-refractivity contribution >= 4 is 52.8 Å². The number of nitrogens with zero attached hydrogens (tertiary/aromatic N) is 1. The molecule has 0 saturated heterocycles. The molecule has 3 aromatic heterocycles. The number of aliphatic carboxylic acids is 1. The fraction of sp³-hybridized carbons (Fsp3) is 0.371. The van der Waals surface area contributed by atoms with E-state index in [1.165, 1.54) is 12.7 Å². The molecule has 0 fully saturated rings. The Morgan fingerprint density at radius 2 is 1.75 bits per heavy atom. The van der Waals surface area contributed by atoms with Crippen molar-refractivity contribution in [3.63, 3.8) is 0 Å². The lowest BCUT2D eigenvalue weighted by atomic mass is 9.86. The number of esters is 1. The Morgan fingerprint density at radius 3 is 2.41 bits per heavy atom. The van der Waals surface area contributed by atoms with Gasteiger partial charge < -0.3 is 24.8 Å². The Bertz CT molecular complexity index is 2070. The molecule has 228 valence electrons. The molecule has 1 aliphatic carbocycles. The van der Waals surface area contributed by atoms with Crippen LogP contribution in [0, 0.1) is 32.6 Å². The van der Waals surface area contributed by atoms with Gasteiger partial charge in [-0.15, -0.1) is 0 Å². The zero-order chi connectivity index (χ0) is 31.6. The first kappa shape index (κ1) is 29.4. The summed E-state index contributed by atoms with van der Waals surface area (Å²) in [5, 5.41) is 12.8. The lowest BCUT2D eigenvalue weighted by molar-refractivity contribution is -0.142. The van der Waals surface area contributed by atoms with Crippen LogP contribution in [0.5, 0.6) is 0 Å². The molecule has 44 heavy (non-hydrogen) atoms. The number of carbonyl (C=O) groups is 3. The number of ether oxygens (including phenoxy) is 1. The topological polar surface area (TPSA) is 140 Å². The monoisotopic (exact) mass is 594 g/mol. The molecular formula is C35H38N4O5. The molecule has 5 heterocycles. The highest BCUT2D eigenvalue weighted by molar-refractivity contribution is 6.22. The van der Waals surface area contributed by atoms with Gasteiger partial charge in [0.15, 0.2) is 5.78 Å². The normalized spacial score (nSPS) is 23.1. The first-order valence-electron chi connectivity index (χ1n) is 15.1. The number of aromatic amines is 3. The van der Waals surface area contributed by atoms with Crippen LogP contribution >= 0.6 is 0 Å². The second kappa shape index (κ2) is 10.8. The third-order valence-corrected chi connectivity index (χ3v) is 9.76. The maximum absolute atomic E-state index is 13.9. The molecule has 9 heteroatoms. The minimum absolute atomic E-state index is 0.0149. The Labute approximate surface area is 254 Å². The summed E-state index contributed by atoms with van der Waals surface area (Å²) in [6, 6.07) is -0.502. The second-order valence-corrected chi connectivity index (χ2v) is 12.1. The Morgan fingerprint density at radius 1 is 1.05 bits per heavy atom. The van der Waals surface area contributed by atoms with E-state index in [1.807, 2.05) is 32.9 Å². The molecule has 0 amide bonds. The van der Waals surface area contributed by atoms with E-state index < -0.39 is 23.9 Å². The largest absolute Gasteiger partial charge is 0.481 e. The fourth-order valence-corrected chi connectivity index (χ4v) is 7.48. The number of methoxy groups -OCH3 is 1. The Balaban J connectivity index is 1.75. The van der Waals surface area contributed by atoms with Crippen molar-refractivity contribution in [2.24, 2.45) is 16.8 Å². The predicted octanol–water partition coefficient (Wildman–Crippen LogP) is 2.47. The van der Waals surface area contributed by atoms with Crippen LogP contribution in [0.1, 0.15) is 82.7 Å². The third-order valence-electron chi connectivity index (χ3n) is 9.76. The first-order valence-corrected chi connectivity index (χ1v) is 15.1. The minimum Gasteiger partial charge on any atom is -0.481 e. The highest BCUT2D eigenvalue weighted by Crippen LogP contribution is 2.38. The summed E-state index contributed by atoms with van der Waals surface area (Å²) in [6.07, 6.45) is 7.67. The summed E-state index contributed by atoms with van der Waals surface area (Å²) < 4.78 is 5.14. The third kappa shape index (κ3) is 4.36. The van der Waals surface area contributed by atoms with Crippen LogP contribution in [0.15, 0.2) is 11.6 Å². The quantitative estimate of drug-likeness (QED) is 0.257. The van der Waals surface area contributed by atoms with Crippen molar-refractivity contribution < 1.29 is 24.2 Å². The molecule has 4 N–H and O–H groups in total. The maximum Gasteiger partial charge on any atom is 0.320 e. The van der Waals surface area contributed by atoms with Crippen LogP contribution in [-0.4, -0.2) is 56.6 Å². The first-order chi connectivity index (χ1) is 21.0. The van der Waals surface area contributed by atoms with Crippen molar-refractivity contribution in [1.29, 1.82) is 0 Å². The maximum atomic E-state index is 13.9. The number of hydrogen-bond acceptors (Lipinski definition) is 5. The summed E-state index contributed by atoms with van der Waals surface area (Å²) in [4.78, 5) is 54.7. The molecule has 3 atom stereocenters. The van der Waals surface area contributed by atoms with Gasteiger partial charge in [-0.05, 0) is 86.9 Å². The Kier molecular flexibility index (Phi) is 7.22. The molecule has 1 unspecified atom stereocenters. The molecule has 3 aliphatic rings. The number of carbonyl (C=O) groups excluding carboxylic acids is 2. The van der Waals surface area contributed by atoms with Crippen molar-refractivity contribution in [2.45, 2.75) is 66.3 Å². The second-order valence-electron chi connectivity index (χ2n) is 12.1. The molecule has 0 saturated carbocycles. The molecule has 6 rings (SSSR count). The van der Waals surface area contributed by atoms with Crippen LogP contribution in [0.4, 0.5) is 0 Å². The molecule has 9 nitrogen and oxygen atoms in total. The smallest absolute Gasteiger partial charge is 0.320 e. The van der Waals surface area contributed by atoms with Crippen LogP contribution in [0.3, 0.4) is 0 Å². The summed E-state index contributed by atoms with van der Waals surface area (Å²) in [5.41, 5.74) is 9.78. The molecule has 0 aromatic carbocycles. The van der Waals surface area contributed by atoms with E-state index in [0.29, 0.717) is 29.3 Å². The van der Waals surface area contributed by atoms with Gasteiger partial charge in [-0.2, -0.15) is 0 Å². The van der Waals surface area contributed by atoms with Gasteiger partial charge in [-0.3, -0.25) is 19.4 Å². The van der Waals surface area contributed by atoms with Crippen molar-refractivity contribution in [2.75, 3.05) is 7.11 Å². The van der Waals surface area contributed by atoms with Gasteiger partial charge in [-0.1, -0.05) is 19.6 Å². The summed E-state index contributed by atoms with van der Waals surface area (Å²) in [6.45, 7) is 14.3. The molecular weight excluding hydrogens is 556 g/mol. The van der Waals surface area contributed by atoms with Gasteiger partial charge in [0.05, 0.1) is 18.5 Å². The average molecular weight is 595 g/mol. The number of hydrogen-bond donors (Lipinski definition) is 4. The van der Waals surface area contributed by atoms with Crippen molar-refractivity contribution in [3.05, 3.63) is 72.7 Å². The number of carboxylic acids is 1. The van der Waals surface area contributed by atoms with Crippen LogP contribution in [0.2, 0.25) is 0 Å². The van der Waals surface area contributed by atoms with E-state index in [9.17, 15) is 19.5 Å². The molecule has 0 radical (unpaired) electrons. The van der Waals surface area contributed by atoms with E-state index in [0.717, 1.165) is 67.4 Å². The highest BCUT2D eigenvalue weighted by Gasteiger charge is 2.46. The van der Waals surface area contributed by atoms with Crippen LogP contribution < -0.4 is 21.4 Å². The number of aliphatic imine (C=N–C) groups is 1. The standard InChI is InChI=1S/C35H38N4O5/c1-8-20-15(3)22-13-25-21(9-2)16(4)31(38-25)18(6)32-19(10-11-27(40)41)12-26(39-32)29-30(35(43)44-7)34(42)28-17(5)23(37-33(28)29)14-24(20)36-22/h9,13-14,19,26,30,36-38H,2,8,10-12H2,1,3-7H3,(H,40,41)/b23-14-,25-13-,31-18-/t19-,26?,30-/m1/s1. The van der Waals surface area contributed by atoms with Crippen LogP contribution in [0.25, 0.3) is 29.4 Å². The van der Waals surface area contributed by atoms with E-state index in [1.54, 1.807) is 0 Å². The van der Waals surface area contributed by atoms with Gasteiger partial charge in [0.25, 0.3) is 0 Å².